The van der Waals surface area contributed by atoms with E-state index in [1.807, 2.05) is 118 Å². The number of amides is 1. The fraction of sp³-hybridized carbons (Fsp3) is 0.171. The first-order valence-electron chi connectivity index (χ1n) is 14.1. The predicted octanol–water partition coefficient (Wildman–Crippen LogP) is 5.82. The first-order chi connectivity index (χ1) is 20.8. The summed E-state index contributed by atoms with van der Waals surface area (Å²) >= 11 is 1.31. The van der Waals surface area contributed by atoms with Crippen LogP contribution in [0.25, 0.3) is 16.8 Å². The van der Waals surface area contributed by atoms with Crippen LogP contribution >= 0.6 is 11.3 Å². The van der Waals surface area contributed by atoms with Gasteiger partial charge in [-0.25, -0.2) is 4.99 Å². The zero-order chi connectivity index (χ0) is 30.1. The van der Waals surface area contributed by atoms with E-state index in [0.29, 0.717) is 32.0 Å². The number of hydrogen-bond acceptors (Lipinski definition) is 6. The Morgan fingerprint density at radius 2 is 1.65 bits per heavy atom. The molecule has 0 unspecified atom stereocenters. The molecule has 8 heteroatoms. The third kappa shape index (κ3) is 5.49. The van der Waals surface area contributed by atoms with E-state index < -0.39 is 6.04 Å². The number of aromatic nitrogens is 1. The number of para-hydroxylation sites is 1. The van der Waals surface area contributed by atoms with E-state index in [4.69, 9.17) is 14.5 Å². The lowest BCUT2D eigenvalue weighted by Gasteiger charge is -2.25. The number of benzene rings is 4. The monoisotopic (exact) mass is 589 g/mol. The van der Waals surface area contributed by atoms with Crippen LogP contribution in [0, 0.1) is 0 Å². The maximum atomic E-state index is 14.2. The normalized spacial score (nSPS) is 14.9. The van der Waals surface area contributed by atoms with E-state index in [0.717, 1.165) is 27.6 Å². The van der Waals surface area contributed by atoms with Crippen molar-refractivity contribution in [3.05, 3.63) is 133 Å². The molecule has 43 heavy (non-hydrogen) atoms. The lowest BCUT2D eigenvalue weighted by atomic mass is 9.95. The first kappa shape index (κ1) is 28.2. The highest BCUT2D eigenvalue weighted by Crippen LogP contribution is 2.32. The largest absolute Gasteiger partial charge is 0.497 e. The van der Waals surface area contributed by atoms with Crippen LogP contribution < -0.4 is 29.7 Å². The second-order valence-corrected chi connectivity index (χ2v) is 11.5. The van der Waals surface area contributed by atoms with Crippen molar-refractivity contribution in [1.29, 1.82) is 0 Å². The highest BCUT2D eigenvalue weighted by molar-refractivity contribution is 7.07. The number of hydrogen-bond donors (Lipinski definition) is 1. The van der Waals surface area contributed by atoms with Crippen molar-refractivity contribution in [3.8, 4) is 11.5 Å². The molecule has 1 amide bonds. The lowest BCUT2D eigenvalue weighted by Crippen LogP contribution is -2.40. The molecule has 4 aromatic carbocycles. The fourth-order valence-electron chi connectivity index (χ4n) is 5.35. The Kier molecular flexibility index (Phi) is 7.69. The standard InChI is InChI=1S/C35H31N3O4S/c1-21(2)42-29-19-16-24(27-12-8-9-13-28(27)29)20-30-34(40)38-32(23-14-17-26(41-4)18-15-23)31(22(3)36-35(38)43-30)33(39)37-25-10-6-5-7-11-25/h5-21,32H,1-4H3,(H,37,39)/b30-20+/t32-/m1/s1. The van der Waals surface area contributed by atoms with E-state index in [1.54, 1.807) is 11.7 Å². The van der Waals surface area contributed by atoms with Gasteiger partial charge in [0.15, 0.2) is 4.80 Å². The number of ether oxygens (including phenoxy) is 2. The molecule has 1 aliphatic heterocycles. The Bertz CT molecular complexity index is 2040. The van der Waals surface area contributed by atoms with Gasteiger partial charge in [-0.2, -0.15) is 0 Å². The number of allylic oxidation sites excluding steroid dienone is 1. The van der Waals surface area contributed by atoms with Crippen LogP contribution in [0.4, 0.5) is 5.69 Å². The Labute approximate surface area is 253 Å². The van der Waals surface area contributed by atoms with Crippen LogP contribution in [0.3, 0.4) is 0 Å². The van der Waals surface area contributed by atoms with Gasteiger partial charge in [0.25, 0.3) is 11.5 Å². The number of thiazole rings is 1. The Balaban J connectivity index is 1.51. The Morgan fingerprint density at radius 3 is 2.35 bits per heavy atom. The van der Waals surface area contributed by atoms with Gasteiger partial charge < -0.3 is 14.8 Å². The van der Waals surface area contributed by atoms with Crippen molar-refractivity contribution in [3.63, 3.8) is 0 Å². The number of rotatable bonds is 7. The number of methoxy groups -OCH3 is 1. The van der Waals surface area contributed by atoms with E-state index in [-0.39, 0.29) is 17.6 Å². The topological polar surface area (TPSA) is 81.9 Å². The van der Waals surface area contributed by atoms with Crippen LogP contribution in [-0.2, 0) is 4.79 Å². The van der Waals surface area contributed by atoms with Gasteiger partial charge in [-0.15, -0.1) is 0 Å². The second kappa shape index (κ2) is 11.7. The zero-order valence-electron chi connectivity index (χ0n) is 24.3. The molecule has 0 saturated heterocycles. The van der Waals surface area contributed by atoms with Gasteiger partial charge >= 0.3 is 0 Å². The summed E-state index contributed by atoms with van der Waals surface area (Å²) in [7, 11) is 1.60. The maximum absolute atomic E-state index is 14.2. The summed E-state index contributed by atoms with van der Waals surface area (Å²) in [6, 6.07) is 28.0. The molecular formula is C35H31N3O4S. The molecule has 0 aliphatic carbocycles. The minimum Gasteiger partial charge on any atom is -0.497 e. The molecule has 0 fully saturated rings. The van der Waals surface area contributed by atoms with Crippen molar-refractivity contribution in [1.82, 2.24) is 4.57 Å². The molecule has 0 bridgehead atoms. The van der Waals surface area contributed by atoms with Crippen molar-refractivity contribution in [2.24, 2.45) is 4.99 Å². The van der Waals surface area contributed by atoms with E-state index in [1.165, 1.54) is 11.3 Å². The van der Waals surface area contributed by atoms with Gasteiger partial charge in [-0.1, -0.05) is 72.0 Å². The van der Waals surface area contributed by atoms with Gasteiger partial charge in [0.2, 0.25) is 0 Å². The molecule has 5 aromatic rings. The lowest BCUT2D eigenvalue weighted by molar-refractivity contribution is -0.113. The molecule has 1 aromatic heterocycles. The summed E-state index contributed by atoms with van der Waals surface area (Å²) in [6.07, 6.45) is 1.94. The summed E-state index contributed by atoms with van der Waals surface area (Å²) in [5.74, 6) is 1.17. The van der Waals surface area contributed by atoms with E-state index in [9.17, 15) is 9.59 Å². The minimum absolute atomic E-state index is 0.0347. The van der Waals surface area contributed by atoms with Crippen LogP contribution in [0.2, 0.25) is 0 Å². The number of nitrogens with zero attached hydrogens (tertiary/aromatic N) is 2. The van der Waals surface area contributed by atoms with Gasteiger partial charge in [0, 0.05) is 11.1 Å². The van der Waals surface area contributed by atoms with Crippen molar-refractivity contribution in [2.75, 3.05) is 12.4 Å². The highest BCUT2D eigenvalue weighted by Gasteiger charge is 2.32. The molecular weight excluding hydrogens is 558 g/mol. The Morgan fingerprint density at radius 1 is 0.953 bits per heavy atom. The minimum atomic E-state index is -0.674. The second-order valence-electron chi connectivity index (χ2n) is 10.5. The number of nitrogens with one attached hydrogen (secondary N) is 1. The number of carbonyl (C=O) groups is 1. The van der Waals surface area contributed by atoms with Crippen molar-refractivity contribution < 1.29 is 14.3 Å². The summed E-state index contributed by atoms with van der Waals surface area (Å²) < 4.78 is 13.6. The molecule has 7 nitrogen and oxygen atoms in total. The molecule has 1 N–H and O–H groups in total. The molecule has 1 atom stereocenters. The maximum Gasteiger partial charge on any atom is 0.271 e. The third-order valence-corrected chi connectivity index (χ3v) is 8.28. The third-order valence-electron chi connectivity index (χ3n) is 7.30. The van der Waals surface area contributed by atoms with Crippen LogP contribution in [0.5, 0.6) is 11.5 Å². The summed E-state index contributed by atoms with van der Waals surface area (Å²) in [5.41, 5.74) is 3.10. The molecule has 1 aliphatic rings. The van der Waals surface area contributed by atoms with Crippen molar-refractivity contribution in [2.45, 2.75) is 32.9 Å². The number of fused-ring (bicyclic) bond motifs is 2. The van der Waals surface area contributed by atoms with E-state index in [2.05, 4.69) is 5.32 Å². The summed E-state index contributed by atoms with van der Waals surface area (Å²) in [6.45, 7) is 5.81. The number of anilines is 1. The molecule has 6 rings (SSSR count). The molecule has 216 valence electrons. The SMILES string of the molecule is COc1ccc([C@@H]2C(C(=O)Nc3ccccc3)=C(C)N=c3s/c(=C/c4ccc(OC(C)C)c5ccccc45)c(=O)n32)cc1. The molecule has 2 heterocycles. The predicted molar refractivity (Wildman–Crippen MR) is 172 cm³/mol. The zero-order valence-corrected chi connectivity index (χ0v) is 25.1. The molecule has 0 saturated carbocycles. The fourth-order valence-corrected chi connectivity index (χ4v) is 6.39. The first-order valence-corrected chi connectivity index (χ1v) is 14.9. The smallest absolute Gasteiger partial charge is 0.271 e. The van der Waals surface area contributed by atoms with Gasteiger partial charge in [-0.3, -0.25) is 14.2 Å². The van der Waals surface area contributed by atoms with Crippen LogP contribution in [0.15, 0.2) is 112 Å². The quantitative estimate of drug-likeness (QED) is 0.259. The molecule has 0 spiro atoms. The van der Waals surface area contributed by atoms with Crippen molar-refractivity contribution >= 4 is 39.8 Å². The van der Waals surface area contributed by atoms with Gasteiger partial charge in [-0.05, 0) is 73.7 Å². The van der Waals surface area contributed by atoms with Gasteiger partial charge in [0.1, 0.15) is 11.5 Å². The summed E-state index contributed by atoms with van der Waals surface area (Å²) in [4.78, 5) is 33.3. The van der Waals surface area contributed by atoms with Crippen LogP contribution in [0.1, 0.15) is 37.9 Å². The van der Waals surface area contributed by atoms with Crippen LogP contribution in [-0.4, -0.2) is 23.7 Å². The average molecular weight is 590 g/mol. The summed E-state index contributed by atoms with van der Waals surface area (Å²) in [5, 5.41) is 4.95. The highest BCUT2D eigenvalue weighted by atomic mass is 32.1. The average Bonchev–Trinajstić information content (AvgIpc) is 3.31. The van der Waals surface area contributed by atoms with Gasteiger partial charge in [0.05, 0.1) is 35.1 Å². The van der Waals surface area contributed by atoms with E-state index >= 15 is 0 Å². The Hall–Kier alpha value is -4.95. The number of carbonyl (C=O) groups excluding carboxylic acids is 1. The molecule has 0 radical (unpaired) electrons.